The zero-order valence-corrected chi connectivity index (χ0v) is 18.8. The number of hydrogen-bond donors (Lipinski definition) is 0. The first-order valence-corrected chi connectivity index (χ1v) is 11.7. The van der Waals surface area contributed by atoms with Crippen LogP contribution in [0.4, 0.5) is 26.3 Å². The van der Waals surface area contributed by atoms with Gasteiger partial charge in [-0.2, -0.15) is 8.78 Å². The molecule has 0 N–H and O–H groups in total. The van der Waals surface area contributed by atoms with Crippen LogP contribution in [0.15, 0.2) is 30.3 Å². The Labute approximate surface area is 191 Å². The summed E-state index contributed by atoms with van der Waals surface area (Å²) in [4.78, 5) is 0. The summed E-state index contributed by atoms with van der Waals surface area (Å²) in [6.07, 6.45) is 4.18. The van der Waals surface area contributed by atoms with Crippen molar-refractivity contribution in [3.63, 3.8) is 0 Å². The minimum absolute atomic E-state index is 0.110. The molecule has 0 heterocycles. The van der Waals surface area contributed by atoms with E-state index in [9.17, 15) is 26.3 Å². The number of hydrogen-bond acceptors (Lipinski definition) is 1. The molecule has 0 aliphatic heterocycles. The van der Waals surface area contributed by atoms with Crippen molar-refractivity contribution in [3.05, 3.63) is 64.7 Å². The smallest absolute Gasteiger partial charge is 0.398 e. The van der Waals surface area contributed by atoms with Crippen molar-refractivity contribution in [2.75, 3.05) is 0 Å². The van der Waals surface area contributed by atoms with Crippen LogP contribution in [0, 0.1) is 35.1 Å². The zero-order valence-electron chi connectivity index (χ0n) is 18.8. The largest absolute Gasteiger partial charge is 0.432 e. The van der Waals surface area contributed by atoms with Crippen molar-refractivity contribution < 1.29 is 31.1 Å². The lowest BCUT2D eigenvalue weighted by Crippen LogP contribution is -2.25. The quantitative estimate of drug-likeness (QED) is 0.249. The van der Waals surface area contributed by atoms with Gasteiger partial charge in [-0.15, -0.1) is 0 Å². The molecule has 0 saturated heterocycles. The van der Waals surface area contributed by atoms with E-state index in [1.54, 1.807) is 6.07 Å². The number of halogens is 6. The predicted molar refractivity (Wildman–Crippen MR) is 115 cm³/mol. The highest BCUT2D eigenvalue weighted by Gasteiger charge is 2.32. The Kier molecular flexibility index (Phi) is 8.71. The zero-order chi connectivity index (χ0) is 24.0. The maximum Gasteiger partial charge on any atom is 0.398 e. The van der Waals surface area contributed by atoms with Crippen molar-refractivity contribution in [2.24, 2.45) is 11.8 Å². The molecule has 33 heavy (non-hydrogen) atoms. The molecule has 0 atom stereocenters. The number of rotatable bonds is 10. The first kappa shape index (κ1) is 25.4. The summed E-state index contributed by atoms with van der Waals surface area (Å²) in [5.74, 6) is -4.93. The lowest BCUT2D eigenvalue weighted by Gasteiger charge is -2.28. The van der Waals surface area contributed by atoms with Gasteiger partial charge in [-0.3, -0.25) is 0 Å². The molecular formula is C26H30F6O. The van der Waals surface area contributed by atoms with E-state index in [2.05, 4.69) is 11.7 Å². The van der Waals surface area contributed by atoms with Crippen molar-refractivity contribution in [1.29, 1.82) is 0 Å². The Morgan fingerprint density at radius 2 is 1.42 bits per heavy atom. The molecular weight excluding hydrogens is 442 g/mol. The van der Waals surface area contributed by atoms with Crippen molar-refractivity contribution in [3.8, 4) is 5.75 Å². The van der Waals surface area contributed by atoms with Crippen LogP contribution in [0.25, 0.3) is 0 Å². The molecule has 1 aliphatic carbocycles. The van der Waals surface area contributed by atoms with Crippen LogP contribution in [0.1, 0.15) is 69.4 Å². The van der Waals surface area contributed by atoms with Crippen LogP contribution in [0.5, 0.6) is 5.75 Å². The minimum Gasteiger partial charge on any atom is -0.432 e. The van der Waals surface area contributed by atoms with Crippen LogP contribution in [-0.4, -0.2) is 6.11 Å². The van der Waals surface area contributed by atoms with E-state index in [1.165, 1.54) is 50.7 Å². The number of aryl methyl sites for hydroxylation is 2. The molecule has 7 heteroatoms. The third-order valence-corrected chi connectivity index (χ3v) is 6.53. The van der Waals surface area contributed by atoms with Gasteiger partial charge < -0.3 is 4.74 Å². The molecule has 182 valence electrons. The lowest BCUT2D eigenvalue weighted by molar-refractivity contribution is -0.180. The second kappa shape index (κ2) is 11.3. The molecule has 1 aliphatic rings. The second-order valence-electron chi connectivity index (χ2n) is 9.08. The monoisotopic (exact) mass is 472 g/mol. The first-order chi connectivity index (χ1) is 15.7. The van der Waals surface area contributed by atoms with Crippen LogP contribution < -0.4 is 4.74 Å². The van der Waals surface area contributed by atoms with Gasteiger partial charge in [0.05, 0.1) is 6.42 Å². The summed E-state index contributed by atoms with van der Waals surface area (Å²) in [5, 5.41) is 0. The molecule has 2 aromatic carbocycles. The normalized spacial score (nSPS) is 19.0. The van der Waals surface area contributed by atoms with Gasteiger partial charge in [0.15, 0.2) is 17.5 Å². The molecule has 0 bridgehead atoms. The number of benzene rings is 2. The highest BCUT2D eigenvalue weighted by atomic mass is 19.3. The highest BCUT2D eigenvalue weighted by Crippen LogP contribution is 2.34. The van der Waals surface area contributed by atoms with Gasteiger partial charge in [-0.1, -0.05) is 57.6 Å². The minimum atomic E-state index is -3.81. The summed E-state index contributed by atoms with van der Waals surface area (Å²) in [5.41, 5.74) is 0.950. The standard InChI is InChI=1S/C26H30F6O/c1-2-3-17-4-6-18(7-5-17)8-9-19-10-11-20(22(27)14-19)12-13-26(31,32)33-21-15-23(28)25(30)24(29)16-21/h10-11,14-18H,2-9,12-13H2,1H3. The molecule has 3 rings (SSSR count). The van der Waals surface area contributed by atoms with Crippen molar-refractivity contribution >= 4 is 0 Å². The van der Waals surface area contributed by atoms with Crippen molar-refractivity contribution in [1.82, 2.24) is 0 Å². The third-order valence-electron chi connectivity index (χ3n) is 6.53. The Balaban J connectivity index is 1.49. The molecule has 1 nitrogen and oxygen atoms in total. The van der Waals surface area contributed by atoms with Crippen LogP contribution >= 0.6 is 0 Å². The molecule has 1 saturated carbocycles. The fourth-order valence-corrected chi connectivity index (χ4v) is 4.63. The van der Waals surface area contributed by atoms with E-state index < -0.39 is 41.5 Å². The molecule has 1 fully saturated rings. The average Bonchev–Trinajstić information content (AvgIpc) is 2.76. The summed E-state index contributed by atoms with van der Waals surface area (Å²) in [6.45, 7) is 2.21. The van der Waals surface area contributed by atoms with Gasteiger partial charge in [0, 0.05) is 12.1 Å². The Morgan fingerprint density at radius 3 is 2.00 bits per heavy atom. The first-order valence-electron chi connectivity index (χ1n) is 11.7. The van der Waals surface area contributed by atoms with Crippen molar-refractivity contribution in [2.45, 2.75) is 77.2 Å². The molecule has 0 amide bonds. The van der Waals surface area contributed by atoms with Gasteiger partial charge in [0.1, 0.15) is 11.6 Å². The summed E-state index contributed by atoms with van der Waals surface area (Å²) < 4.78 is 86.3. The van der Waals surface area contributed by atoms with Gasteiger partial charge in [-0.25, -0.2) is 17.6 Å². The molecule has 2 aromatic rings. The van der Waals surface area contributed by atoms with E-state index in [0.29, 0.717) is 18.1 Å². The lowest BCUT2D eigenvalue weighted by atomic mass is 9.78. The fourth-order valence-electron chi connectivity index (χ4n) is 4.63. The van der Waals surface area contributed by atoms with E-state index >= 15 is 0 Å². The Hall–Kier alpha value is -2.18. The maximum atomic E-state index is 14.5. The van der Waals surface area contributed by atoms with Gasteiger partial charge in [-0.05, 0) is 48.3 Å². The van der Waals surface area contributed by atoms with Crippen LogP contribution in [-0.2, 0) is 12.8 Å². The SMILES string of the molecule is CCCC1CCC(CCc2ccc(CCC(F)(F)Oc3cc(F)c(F)c(F)c3)c(F)c2)CC1. The number of ether oxygens (including phenoxy) is 1. The molecule has 0 radical (unpaired) electrons. The molecule has 0 spiro atoms. The van der Waals surface area contributed by atoms with Gasteiger partial charge >= 0.3 is 6.11 Å². The third kappa shape index (κ3) is 7.41. The topological polar surface area (TPSA) is 9.23 Å². The summed E-state index contributed by atoms with van der Waals surface area (Å²) in [7, 11) is 0. The van der Waals surface area contributed by atoms with E-state index in [0.717, 1.165) is 24.3 Å². The summed E-state index contributed by atoms with van der Waals surface area (Å²) >= 11 is 0. The molecule has 0 aromatic heterocycles. The number of alkyl halides is 2. The van der Waals surface area contributed by atoms with Gasteiger partial charge in [0.2, 0.25) is 0 Å². The van der Waals surface area contributed by atoms with E-state index in [1.807, 2.05) is 0 Å². The average molecular weight is 473 g/mol. The van der Waals surface area contributed by atoms with E-state index in [-0.39, 0.29) is 12.0 Å². The van der Waals surface area contributed by atoms with Crippen LogP contribution in [0.2, 0.25) is 0 Å². The Bertz CT molecular complexity index is 898. The second-order valence-corrected chi connectivity index (χ2v) is 9.08. The van der Waals surface area contributed by atoms with E-state index in [4.69, 9.17) is 0 Å². The Morgan fingerprint density at radius 1 is 0.818 bits per heavy atom. The summed E-state index contributed by atoms with van der Waals surface area (Å²) in [6, 6.07) is 5.33. The maximum absolute atomic E-state index is 14.5. The highest BCUT2D eigenvalue weighted by molar-refractivity contribution is 5.26. The predicted octanol–water partition coefficient (Wildman–Crippen LogP) is 8.39. The fraction of sp³-hybridized carbons (Fsp3) is 0.538. The van der Waals surface area contributed by atoms with Crippen LogP contribution in [0.3, 0.4) is 0 Å². The molecule has 0 unspecified atom stereocenters. The van der Waals surface area contributed by atoms with Gasteiger partial charge in [0.25, 0.3) is 0 Å².